The second kappa shape index (κ2) is 6.26. The Balaban J connectivity index is 2.49. The van der Waals surface area contributed by atoms with Gasteiger partial charge in [-0.15, -0.1) is 0 Å². The lowest BCUT2D eigenvalue weighted by Crippen LogP contribution is -2.44. The van der Waals surface area contributed by atoms with Crippen LogP contribution in [0.1, 0.15) is 31.9 Å². The molecule has 0 bridgehead atoms. The summed E-state index contributed by atoms with van der Waals surface area (Å²) in [5.41, 5.74) is -0.520. The van der Waals surface area contributed by atoms with E-state index in [9.17, 15) is 18.0 Å². The van der Waals surface area contributed by atoms with Crippen LogP contribution in [0.15, 0.2) is 24.3 Å². The quantitative estimate of drug-likeness (QED) is 0.894. The third-order valence-corrected chi connectivity index (χ3v) is 2.38. The highest BCUT2D eigenvalue weighted by Crippen LogP contribution is 2.29. The van der Waals surface area contributed by atoms with Crippen LogP contribution in [-0.4, -0.2) is 18.0 Å². The van der Waals surface area contributed by atoms with Crippen molar-refractivity contribution < 1.29 is 18.0 Å². The van der Waals surface area contributed by atoms with Gasteiger partial charge < -0.3 is 10.6 Å². The molecule has 1 aromatic rings. The van der Waals surface area contributed by atoms with Crippen LogP contribution < -0.4 is 10.6 Å². The first-order valence-electron chi connectivity index (χ1n) is 6.26. The zero-order chi connectivity index (χ0) is 15.4. The van der Waals surface area contributed by atoms with E-state index in [1.165, 1.54) is 6.07 Å². The molecule has 0 spiro atoms. The van der Waals surface area contributed by atoms with Gasteiger partial charge in [0.1, 0.15) is 0 Å². The summed E-state index contributed by atoms with van der Waals surface area (Å²) in [6, 6.07) is 5.05. The molecule has 0 aromatic heterocycles. The monoisotopic (exact) mass is 288 g/mol. The van der Waals surface area contributed by atoms with Gasteiger partial charge in [-0.3, -0.25) is 4.79 Å². The smallest absolute Gasteiger partial charge is 0.350 e. The van der Waals surface area contributed by atoms with Gasteiger partial charge in [-0.2, -0.15) is 13.2 Å². The molecule has 0 unspecified atom stereocenters. The minimum absolute atomic E-state index is 0.0630. The molecular weight excluding hydrogens is 269 g/mol. The molecule has 0 heterocycles. The van der Waals surface area contributed by atoms with Crippen molar-refractivity contribution in [3.63, 3.8) is 0 Å². The molecule has 1 aromatic carbocycles. The lowest BCUT2D eigenvalue weighted by molar-refractivity contribution is -0.137. The van der Waals surface area contributed by atoms with E-state index >= 15 is 0 Å². The van der Waals surface area contributed by atoms with Gasteiger partial charge in [-0.25, -0.2) is 0 Å². The van der Waals surface area contributed by atoms with E-state index in [-0.39, 0.29) is 24.5 Å². The maximum atomic E-state index is 12.5. The summed E-state index contributed by atoms with van der Waals surface area (Å²) in [5.74, 6) is -0.190. The fraction of sp³-hybridized carbons (Fsp3) is 0.500. The Morgan fingerprint density at radius 1 is 1.20 bits per heavy atom. The summed E-state index contributed by atoms with van der Waals surface area (Å²) in [7, 11) is 0. The van der Waals surface area contributed by atoms with Crippen LogP contribution in [0.5, 0.6) is 0 Å². The number of alkyl halides is 3. The van der Waals surface area contributed by atoms with Gasteiger partial charge in [-0.05, 0) is 32.4 Å². The highest BCUT2D eigenvalue weighted by Gasteiger charge is 2.30. The highest BCUT2D eigenvalue weighted by molar-refractivity contribution is 5.78. The van der Waals surface area contributed by atoms with Crippen LogP contribution in [0.4, 0.5) is 13.2 Å². The first kappa shape index (κ1) is 16.5. The summed E-state index contributed by atoms with van der Waals surface area (Å²) in [6.07, 6.45) is -4.35. The molecule has 0 radical (unpaired) electrons. The largest absolute Gasteiger partial charge is 0.416 e. The number of carbonyl (C=O) groups excluding carboxylic acids is 1. The predicted molar refractivity (Wildman–Crippen MR) is 71.0 cm³/mol. The molecule has 20 heavy (non-hydrogen) atoms. The SMILES string of the molecule is CC(C)(C)NC(=O)CNCc1cccc(C(F)(F)F)c1. The zero-order valence-electron chi connectivity index (χ0n) is 11.8. The van der Waals surface area contributed by atoms with Gasteiger partial charge in [0.15, 0.2) is 0 Å². The van der Waals surface area contributed by atoms with Crippen molar-refractivity contribution in [2.75, 3.05) is 6.54 Å². The molecule has 0 aliphatic rings. The predicted octanol–water partition coefficient (Wildman–Crippen LogP) is 2.71. The van der Waals surface area contributed by atoms with Gasteiger partial charge in [0.2, 0.25) is 5.91 Å². The number of halogens is 3. The van der Waals surface area contributed by atoms with Gasteiger partial charge >= 0.3 is 6.18 Å². The molecule has 1 rings (SSSR count). The minimum atomic E-state index is -4.35. The standard InChI is InChI=1S/C14H19F3N2O/c1-13(2,3)19-12(20)9-18-8-10-5-4-6-11(7-10)14(15,16)17/h4-7,18H,8-9H2,1-3H3,(H,19,20). The molecule has 0 atom stereocenters. The maximum Gasteiger partial charge on any atom is 0.416 e. The van der Waals surface area contributed by atoms with Crippen molar-refractivity contribution in [3.8, 4) is 0 Å². The molecule has 0 fully saturated rings. The summed E-state index contributed by atoms with van der Waals surface area (Å²) in [6.45, 7) is 5.85. The highest BCUT2D eigenvalue weighted by atomic mass is 19.4. The number of nitrogens with one attached hydrogen (secondary N) is 2. The van der Waals surface area contributed by atoms with E-state index in [1.807, 2.05) is 20.8 Å². The summed E-state index contributed by atoms with van der Waals surface area (Å²) in [5, 5.41) is 5.58. The molecule has 2 N–H and O–H groups in total. The van der Waals surface area contributed by atoms with E-state index < -0.39 is 11.7 Å². The van der Waals surface area contributed by atoms with Gasteiger partial charge in [0.05, 0.1) is 12.1 Å². The van der Waals surface area contributed by atoms with Crippen LogP contribution >= 0.6 is 0 Å². The van der Waals surface area contributed by atoms with Gasteiger partial charge in [0, 0.05) is 12.1 Å². The topological polar surface area (TPSA) is 41.1 Å². The summed E-state index contributed by atoms with van der Waals surface area (Å²) in [4.78, 5) is 11.5. The lowest BCUT2D eigenvalue weighted by Gasteiger charge is -2.20. The average Bonchev–Trinajstić information content (AvgIpc) is 2.25. The number of hydrogen-bond acceptors (Lipinski definition) is 2. The van der Waals surface area contributed by atoms with Crippen molar-refractivity contribution in [1.29, 1.82) is 0 Å². The Kier molecular flexibility index (Phi) is 5.16. The molecule has 0 aliphatic heterocycles. The minimum Gasteiger partial charge on any atom is -0.350 e. The second-order valence-corrected chi connectivity index (χ2v) is 5.60. The van der Waals surface area contributed by atoms with Crippen molar-refractivity contribution >= 4 is 5.91 Å². The van der Waals surface area contributed by atoms with E-state index in [2.05, 4.69) is 10.6 Å². The number of carbonyl (C=O) groups is 1. The number of benzene rings is 1. The zero-order valence-corrected chi connectivity index (χ0v) is 11.8. The van der Waals surface area contributed by atoms with Crippen molar-refractivity contribution in [2.45, 2.75) is 39.0 Å². The molecule has 0 aliphatic carbocycles. The Morgan fingerprint density at radius 2 is 1.85 bits per heavy atom. The third kappa shape index (κ3) is 6.06. The van der Waals surface area contributed by atoms with Crippen LogP contribution in [0, 0.1) is 0 Å². The number of hydrogen-bond donors (Lipinski definition) is 2. The molecule has 0 saturated carbocycles. The average molecular weight is 288 g/mol. The molecule has 112 valence electrons. The summed E-state index contributed by atoms with van der Waals surface area (Å²) < 4.78 is 37.6. The summed E-state index contributed by atoms with van der Waals surface area (Å²) >= 11 is 0. The van der Waals surface area contributed by atoms with Crippen LogP contribution in [0.2, 0.25) is 0 Å². The van der Waals surface area contributed by atoms with E-state index in [1.54, 1.807) is 6.07 Å². The first-order chi connectivity index (χ1) is 9.08. The van der Waals surface area contributed by atoms with E-state index in [4.69, 9.17) is 0 Å². The molecule has 3 nitrogen and oxygen atoms in total. The molecule has 6 heteroatoms. The van der Waals surface area contributed by atoms with Gasteiger partial charge in [0.25, 0.3) is 0 Å². The third-order valence-electron chi connectivity index (χ3n) is 2.38. The Hall–Kier alpha value is -1.56. The Labute approximate surface area is 116 Å². The van der Waals surface area contributed by atoms with E-state index in [0.29, 0.717) is 5.56 Å². The van der Waals surface area contributed by atoms with Crippen molar-refractivity contribution in [3.05, 3.63) is 35.4 Å². The van der Waals surface area contributed by atoms with Crippen LogP contribution in [0.25, 0.3) is 0 Å². The Bertz CT molecular complexity index is 464. The Morgan fingerprint density at radius 3 is 2.40 bits per heavy atom. The lowest BCUT2D eigenvalue weighted by atomic mass is 10.1. The molecule has 1 amide bonds. The van der Waals surface area contributed by atoms with Crippen LogP contribution in [-0.2, 0) is 17.5 Å². The van der Waals surface area contributed by atoms with E-state index in [0.717, 1.165) is 12.1 Å². The van der Waals surface area contributed by atoms with Gasteiger partial charge in [-0.1, -0.05) is 18.2 Å². The normalized spacial score (nSPS) is 12.3. The molecular formula is C14H19F3N2O. The van der Waals surface area contributed by atoms with Crippen molar-refractivity contribution in [1.82, 2.24) is 10.6 Å². The fourth-order valence-corrected chi connectivity index (χ4v) is 1.64. The fourth-order valence-electron chi connectivity index (χ4n) is 1.64. The second-order valence-electron chi connectivity index (χ2n) is 5.60. The number of rotatable bonds is 4. The first-order valence-corrected chi connectivity index (χ1v) is 6.26. The van der Waals surface area contributed by atoms with Crippen LogP contribution in [0.3, 0.4) is 0 Å². The molecule has 0 saturated heterocycles. The number of amides is 1. The maximum absolute atomic E-state index is 12.5. The van der Waals surface area contributed by atoms with Crippen molar-refractivity contribution in [2.24, 2.45) is 0 Å².